The molecule has 0 saturated heterocycles. The van der Waals surface area contributed by atoms with E-state index in [1.807, 2.05) is 37.0 Å². The van der Waals surface area contributed by atoms with Crippen molar-refractivity contribution in [3.63, 3.8) is 0 Å². The molecule has 0 atom stereocenters. The van der Waals surface area contributed by atoms with Gasteiger partial charge in [-0.15, -0.1) is 0 Å². The number of hydrogen-bond acceptors (Lipinski definition) is 2. The largest absolute Gasteiger partial charge is 0.399 e. The van der Waals surface area contributed by atoms with E-state index < -0.39 is 0 Å². The van der Waals surface area contributed by atoms with E-state index >= 15 is 0 Å². The highest BCUT2D eigenvalue weighted by molar-refractivity contribution is 5.68. The number of benzene rings is 1. The molecule has 0 saturated carbocycles. The van der Waals surface area contributed by atoms with Gasteiger partial charge in [-0.2, -0.15) is 5.10 Å². The predicted molar refractivity (Wildman–Crippen MR) is 62.5 cm³/mol. The molecule has 0 aliphatic heterocycles. The molecular formula is C12H15N3. The fraction of sp³-hybridized carbons (Fsp3) is 0.250. The Kier molecular flexibility index (Phi) is 2.23. The second-order valence-corrected chi connectivity index (χ2v) is 3.84. The molecule has 0 amide bonds. The van der Waals surface area contributed by atoms with Gasteiger partial charge in [-0.3, -0.25) is 4.68 Å². The quantitative estimate of drug-likeness (QED) is 0.719. The van der Waals surface area contributed by atoms with E-state index in [2.05, 4.69) is 18.1 Å². The van der Waals surface area contributed by atoms with Crippen molar-refractivity contribution in [3.05, 3.63) is 35.7 Å². The number of nitrogen functional groups attached to an aromatic ring is 1. The number of anilines is 1. The highest BCUT2D eigenvalue weighted by Gasteiger charge is 2.06. The number of nitrogens with zero attached hydrogens (tertiary/aromatic N) is 2. The van der Waals surface area contributed by atoms with Crippen LogP contribution in [0.15, 0.2) is 24.4 Å². The molecule has 2 aromatic rings. The van der Waals surface area contributed by atoms with Crippen LogP contribution in [0.1, 0.15) is 11.3 Å². The summed E-state index contributed by atoms with van der Waals surface area (Å²) in [6.45, 7) is 4.08. The summed E-state index contributed by atoms with van der Waals surface area (Å²) in [4.78, 5) is 0. The van der Waals surface area contributed by atoms with Gasteiger partial charge in [0.2, 0.25) is 0 Å². The van der Waals surface area contributed by atoms with E-state index in [4.69, 9.17) is 5.73 Å². The van der Waals surface area contributed by atoms with Crippen molar-refractivity contribution in [3.8, 4) is 11.1 Å². The van der Waals surface area contributed by atoms with Crippen molar-refractivity contribution in [2.75, 3.05) is 5.73 Å². The van der Waals surface area contributed by atoms with E-state index in [0.717, 1.165) is 11.3 Å². The Labute approximate surface area is 89.5 Å². The van der Waals surface area contributed by atoms with E-state index in [0.29, 0.717) is 0 Å². The van der Waals surface area contributed by atoms with Gasteiger partial charge in [0, 0.05) is 24.0 Å². The lowest BCUT2D eigenvalue weighted by atomic mass is 10.0. The zero-order chi connectivity index (χ0) is 11.0. The molecule has 3 nitrogen and oxygen atoms in total. The zero-order valence-corrected chi connectivity index (χ0v) is 9.28. The van der Waals surface area contributed by atoms with Gasteiger partial charge in [-0.05, 0) is 37.1 Å². The molecule has 0 bridgehead atoms. The van der Waals surface area contributed by atoms with Crippen LogP contribution in [0.4, 0.5) is 5.69 Å². The molecule has 0 fully saturated rings. The zero-order valence-electron chi connectivity index (χ0n) is 9.28. The lowest BCUT2D eigenvalue weighted by Crippen LogP contribution is -1.93. The Balaban J connectivity index is 2.55. The smallest absolute Gasteiger partial charge is 0.0571 e. The van der Waals surface area contributed by atoms with Crippen molar-refractivity contribution in [2.24, 2.45) is 7.05 Å². The van der Waals surface area contributed by atoms with E-state index in [1.54, 1.807) is 0 Å². The molecular weight excluding hydrogens is 186 g/mol. The minimum atomic E-state index is 0.834. The van der Waals surface area contributed by atoms with Gasteiger partial charge in [-0.1, -0.05) is 6.07 Å². The summed E-state index contributed by atoms with van der Waals surface area (Å²) in [6.07, 6.45) is 1.89. The maximum Gasteiger partial charge on any atom is 0.0571 e. The normalized spacial score (nSPS) is 10.6. The minimum Gasteiger partial charge on any atom is -0.399 e. The fourth-order valence-corrected chi connectivity index (χ4v) is 1.63. The van der Waals surface area contributed by atoms with E-state index in [1.165, 1.54) is 16.8 Å². The molecule has 78 valence electrons. The molecule has 15 heavy (non-hydrogen) atoms. The van der Waals surface area contributed by atoms with Crippen LogP contribution in [0.25, 0.3) is 11.1 Å². The monoisotopic (exact) mass is 201 g/mol. The van der Waals surface area contributed by atoms with Gasteiger partial charge in [0.15, 0.2) is 0 Å². The Morgan fingerprint density at radius 2 is 2.00 bits per heavy atom. The van der Waals surface area contributed by atoms with Gasteiger partial charge >= 0.3 is 0 Å². The summed E-state index contributed by atoms with van der Waals surface area (Å²) in [5, 5.41) is 4.23. The van der Waals surface area contributed by atoms with Crippen LogP contribution in [0.3, 0.4) is 0 Å². The highest BCUT2D eigenvalue weighted by atomic mass is 15.3. The second-order valence-electron chi connectivity index (χ2n) is 3.84. The third kappa shape index (κ3) is 1.61. The number of nitrogens with two attached hydrogens (primary N) is 1. The molecule has 1 aromatic heterocycles. The summed E-state index contributed by atoms with van der Waals surface area (Å²) in [5.74, 6) is 0. The van der Waals surface area contributed by atoms with E-state index in [9.17, 15) is 0 Å². The fourth-order valence-electron chi connectivity index (χ4n) is 1.63. The SMILES string of the molecule is Cc1cc(-c2cnn(C)c2C)ccc1N. The van der Waals surface area contributed by atoms with Crippen LogP contribution >= 0.6 is 0 Å². The van der Waals surface area contributed by atoms with Crippen LogP contribution < -0.4 is 5.73 Å². The lowest BCUT2D eigenvalue weighted by molar-refractivity contribution is 0.740. The lowest BCUT2D eigenvalue weighted by Gasteiger charge is -2.04. The average Bonchev–Trinajstić information content (AvgIpc) is 2.53. The van der Waals surface area contributed by atoms with Crippen molar-refractivity contribution >= 4 is 5.69 Å². The molecule has 0 radical (unpaired) electrons. The van der Waals surface area contributed by atoms with Gasteiger partial charge in [0.25, 0.3) is 0 Å². The Hall–Kier alpha value is -1.77. The van der Waals surface area contributed by atoms with Gasteiger partial charge in [-0.25, -0.2) is 0 Å². The summed E-state index contributed by atoms with van der Waals surface area (Å²) in [6, 6.07) is 6.07. The molecule has 2 rings (SSSR count). The van der Waals surface area contributed by atoms with Gasteiger partial charge < -0.3 is 5.73 Å². The number of aromatic nitrogens is 2. The number of hydrogen-bond donors (Lipinski definition) is 1. The third-order valence-corrected chi connectivity index (χ3v) is 2.82. The summed E-state index contributed by atoms with van der Waals surface area (Å²) >= 11 is 0. The summed E-state index contributed by atoms with van der Waals surface area (Å²) in [5.41, 5.74) is 11.2. The first kappa shape index (κ1) is 9.77. The molecule has 1 heterocycles. The highest BCUT2D eigenvalue weighted by Crippen LogP contribution is 2.25. The molecule has 1 aromatic carbocycles. The van der Waals surface area contributed by atoms with Crippen molar-refractivity contribution in [2.45, 2.75) is 13.8 Å². The molecule has 0 aliphatic carbocycles. The first-order valence-corrected chi connectivity index (χ1v) is 4.94. The number of rotatable bonds is 1. The van der Waals surface area contributed by atoms with Crippen molar-refractivity contribution in [1.82, 2.24) is 9.78 Å². The molecule has 3 heteroatoms. The second kappa shape index (κ2) is 3.42. The predicted octanol–water partition coefficient (Wildman–Crippen LogP) is 2.29. The standard InChI is InChI=1S/C12H15N3/c1-8-6-10(4-5-12(8)13)11-7-14-15(3)9(11)2/h4-7H,13H2,1-3H3. The van der Waals surface area contributed by atoms with Crippen LogP contribution in [0.2, 0.25) is 0 Å². The Bertz CT molecular complexity index is 498. The summed E-state index contributed by atoms with van der Waals surface area (Å²) in [7, 11) is 1.95. The molecule has 0 unspecified atom stereocenters. The van der Waals surface area contributed by atoms with Crippen molar-refractivity contribution < 1.29 is 0 Å². The van der Waals surface area contributed by atoms with Crippen LogP contribution in [0, 0.1) is 13.8 Å². The minimum absolute atomic E-state index is 0.834. The maximum absolute atomic E-state index is 5.79. The van der Waals surface area contributed by atoms with Crippen LogP contribution in [-0.4, -0.2) is 9.78 Å². The van der Waals surface area contributed by atoms with Crippen LogP contribution in [0.5, 0.6) is 0 Å². The van der Waals surface area contributed by atoms with E-state index in [-0.39, 0.29) is 0 Å². The molecule has 0 spiro atoms. The first-order valence-electron chi connectivity index (χ1n) is 4.94. The summed E-state index contributed by atoms with van der Waals surface area (Å²) < 4.78 is 1.88. The maximum atomic E-state index is 5.79. The van der Waals surface area contributed by atoms with Crippen LogP contribution in [-0.2, 0) is 7.05 Å². The van der Waals surface area contributed by atoms with Gasteiger partial charge in [0.05, 0.1) is 6.20 Å². The first-order chi connectivity index (χ1) is 7.09. The number of aryl methyl sites for hydroxylation is 2. The molecule has 0 aliphatic rings. The Morgan fingerprint density at radius 1 is 1.27 bits per heavy atom. The average molecular weight is 201 g/mol. The van der Waals surface area contributed by atoms with Crippen molar-refractivity contribution in [1.29, 1.82) is 0 Å². The third-order valence-electron chi connectivity index (χ3n) is 2.82. The van der Waals surface area contributed by atoms with Gasteiger partial charge in [0.1, 0.15) is 0 Å². The Morgan fingerprint density at radius 3 is 2.53 bits per heavy atom. The molecule has 2 N–H and O–H groups in total. The topological polar surface area (TPSA) is 43.8 Å².